The zero-order valence-corrected chi connectivity index (χ0v) is 14.7. The first-order valence-corrected chi connectivity index (χ1v) is 8.75. The predicted octanol–water partition coefficient (Wildman–Crippen LogP) is 3.34. The van der Waals surface area contributed by atoms with Crippen molar-refractivity contribution in [2.45, 2.75) is 12.5 Å². The van der Waals surface area contributed by atoms with Crippen molar-refractivity contribution >= 4 is 32.6 Å². The molecule has 4 rings (SSSR count). The lowest BCUT2D eigenvalue weighted by Crippen LogP contribution is -2.16. The van der Waals surface area contributed by atoms with E-state index in [2.05, 4.69) is 15.3 Å². The molecule has 0 radical (unpaired) electrons. The molecular weight excluding hydrogens is 338 g/mol. The summed E-state index contributed by atoms with van der Waals surface area (Å²) in [5.41, 5.74) is 2.67. The van der Waals surface area contributed by atoms with Gasteiger partial charge in [-0.05, 0) is 12.0 Å². The number of benzene rings is 1. The van der Waals surface area contributed by atoms with Crippen LogP contribution in [0.3, 0.4) is 0 Å². The quantitative estimate of drug-likeness (QED) is 0.760. The summed E-state index contributed by atoms with van der Waals surface area (Å²) >= 11 is 1.43. The second-order valence-electron chi connectivity index (χ2n) is 5.85. The molecule has 25 heavy (non-hydrogen) atoms. The van der Waals surface area contributed by atoms with Gasteiger partial charge in [-0.3, -0.25) is 4.79 Å². The average Bonchev–Trinajstić information content (AvgIpc) is 3.33. The fourth-order valence-corrected chi connectivity index (χ4v) is 3.81. The first-order valence-electron chi connectivity index (χ1n) is 7.94. The summed E-state index contributed by atoms with van der Waals surface area (Å²) in [5.74, 6) is 0.303. The van der Waals surface area contributed by atoms with Crippen molar-refractivity contribution in [3.8, 4) is 17.0 Å². The Morgan fingerprint density at radius 3 is 2.76 bits per heavy atom. The number of rotatable bonds is 5. The Morgan fingerprint density at radius 2 is 2.08 bits per heavy atom. The minimum absolute atomic E-state index is 0.0189. The number of fused-ring (bicyclic) bond motifs is 1. The van der Waals surface area contributed by atoms with Crippen LogP contribution in [0.25, 0.3) is 21.3 Å². The summed E-state index contributed by atoms with van der Waals surface area (Å²) in [7, 11) is 3.19. The van der Waals surface area contributed by atoms with Gasteiger partial charge >= 0.3 is 0 Å². The maximum Gasteiger partial charge on any atom is 0.241 e. The molecule has 0 bridgehead atoms. The zero-order valence-electron chi connectivity index (χ0n) is 13.9. The molecule has 1 aliphatic rings. The van der Waals surface area contributed by atoms with Crippen molar-refractivity contribution in [2.75, 3.05) is 19.5 Å². The van der Waals surface area contributed by atoms with E-state index in [1.165, 1.54) is 11.3 Å². The summed E-state index contributed by atoms with van der Waals surface area (Å²) in [6.45, 7) is 0. The van der Waals surface area contributed by atoms with E-state index in [1.807, 2.05) is 30.3 Å². The Bertz CT molecular complexity index is 926. The van der Waals surface area contributed by atoms with Crippen LogP contribution in [0, 0.1) is 5.92 Å². The van der Waals surface area contributed by atoms with E-state index in [9.17, 15) is 4.79 Å². The number of thiazole rings is 1. The van der Waals surface area contributed by atoms with Crippen molar-refractivity contribution in [3.05, 3.63) is 36.5 Å². The molecular formula is C18H17N3O3S. The largest absolute Gasteiger partial charge is 0.479 e. The van der Waals surface area contributed by atoms with E-state index in [0.717, 1.165) is 22.2 Å². The van der Waals surface area contributed by atoms with Gasteiger partial charge in [0.15, 0.2) is 5.13 Å². The molecule has 1 saturated carbocycles. The molecule has 0 aliphatic heterocycles. The van der Waals surface area contributed by atoms with E-state index >= 15 is 0 Å². The molecule has 1 unspecified atom stereocenters. The van der Waals surface area contributed by atoms with Gasteiger partial charge in [-0.1, -0.05) is 41.7 Å². The number of methoxy groups -OCH3 is 2. The monoisotopic (exact) mass is 355 g/mol. The Kier molecular flexibility index (Phi) is 4.10. The van der Waals surface area contributed by atoms with Crippen LogP contribution in [-0.2, 0) is 9.53 Å². The van der Waals surface area contributed by atoms with Crippen LogP contribution >= 0.6 is 11.3 Å². The summed E-state index contributed by atoms with van der Waals surface area (Å²) in [5, 5.41) is 3.44. The van der Waals surface area contributed by atoms with Gasteiger partial charge in [-0.15, -0.1) is 0 Å². The third-order valence-corrected chi connectivity index (χ3v) is 5.27. The lowest BCUT2D eigenvalue weighted by Gasteiger charge is -2.04. The highest BCUT2D eigenvalue weighted by Crippen LogP contribution is 2.39. The number of hydrogen-bond donors (Lipinski definition) is 1. The van der Waals surface area contributed by atoms with Crippen LogP contribution < -0.4 is 10.1 Å². The van der Waals surface area contributed by atoms with Crippen molar-refractivity contribution in [1.82, 2.24) is 9.97 Å². The topological polar surface area (TPSA) is 73.3 Å². The third-order valence-electron chi connectivity index (χ3n) is 4.26. The smallest absolute Gasteiger partial charge is 0.241 e. The van der Waals surface area contributed by atoms with Crippen molar-refractivity contribution in [2.24, 2.45) is 5.92 Å². The average molecular weight is 355 g/mol. The normalized spacial score (nSPS) is 19.0. The lowest BCUT2D eigenvalue weighted by molar-refractivity contribution is -0.118. The highest BCUT2D eigenvalue weighted by atomic mass is 32.1. The van der Waals surface area contributed by atoms with Gasteiger partial charge < -0.3 is 14.8 Å². The van der Waals surface area contributed by atoms with Gasteiger partial charge in [0.1, 0.15) is 5.52 Å². The summed E-state index contributed by atoms with van der Waals surface area (Å²) in [4.78, 5) is 21.1. The van der Waals surface area contributed by atoms with Crippen molar-refractivity contribution in [1.29, 1.82) is 0 Å². The summed E-state index contributed by atoms with van der Waals surface area (Å²) in [6.07, 6.45) is 2.56. The number of carbonyl (C=O) groups is 1. The Labute approximate surface area is 148 Å². The minimum Gasteiger partial charge on any atom is -0.479 e. The molecule has 7 heteroatoms. The van der Waals surface area contributed by atoms with Gasteiger partial charge in [0.2, 0.25) is 11.8 Å². The van der Waals surface area contributed by atoms with Crippen molar-refractivity contribution in [3.63, 3.8) is 0 Å². The number of amides is 1. The Balaban J connectivity index is 1.72. The van der Waals surface area contributed by atoms with Gasteiger partial charge in [-0.25, -0.2) is 9.97 Å². The Morgan fingerprint density at radius 1 is 1.28 bits per heavy atom. The highest BCUT2D eigenvalue weighted by molar-refractivity contribution is 7.23. The summed E-state index contributed by atoms with van der Waals surface area (Å²) in [6, 6.07) is 9.97. The molecule has 1 aromatic carbocycles. The van der Waals surface area contributed by atoms with E-state index < -0.39 is 0 Å². The number of ether oxygens (including phenoxy) is 2. The van der Waals surface area contributed by atoms with Gasteiger partial charge in [0, 0.05) is 18.9 Å². The second kappa shape index (κ2) is 6.42. The highest BCUT2D eigenvalue weighted by Gasteiger charge is 2.43. The van der Waals surface area contributed by atoms with Crippen LogP contribution in [0.2, 0.25) is 0 Å². The number of nitrogens with zero attached hydrogens (tertiary/aromatic N) is 2. The molecule has 1 amide bonds. The first-order chi connectivity index (χ1) is 12.2. The number of hydrogen-bond acceptors (Lipinski definition) is 6. The van der Waals surface area contributed by atoms with Gasteiger partial charge in [0.05, 0.1) is 23.8 Å². The zero-order chi connectivity index (χ0) is 17.4. The third kappa shape index (κ3) is 2.96. The maximum atomic E-state index is 12.3. The molecule has 2 atom stereocenters. The van der Waals surface area contributed by atoms with Gasteiger partial charge in [-0.2, -0.15) is 0 Å². The molecule has 128 valence electrons. The summed E-state index contributed by atoms with van der Waals surface area (Å²) < 4.78 is 11.5. The standard InChI is InChI=1S/C18H17N3O3S/c1-23-13-8-11(13)16(22)21-18-20-14-15(25-18)12(9-19-17(14)24-2)10-6-4-3-5-7-10/h3-7,9,11,13H,8H2,1-2H3,(H,20,21,22)/t11-,13?/m0/s1. The van der Waals surface area contributed by atoms with Crippen LogP contribution in [0.4, 0.5) is 5.13 Å². The molecule has 1 N–H and O–H groups in total. The molecule has 1 fully saturated rings. The Hall–Kier alpha value is -2.51. The number of carbonyl (C=O) groups excluding carboxylic acids is 1. The molecule has 2 aromatic heterocycles. The SMILES string of the molecule is COc1ncc(-c2ccccc2)c2sc(NC(=O)[C@H]3CC3OC)nc12. The van der Waals surface area contributed by atoms with Crippen LogP contribution in [0.15, 0.2) is 36.5 Å². The molecule has 2 heterocycles. The predicted molar refractivity (Wildman–Crippen MR) is 96.9 cm³/mol. The fourth-order valence-electron chi connectivity index (χ4n) is 2.82. The van der Waals surface area contributed by atoms with E-state index in [1.54, 1.807) is 20.4 Å². The first kappa shape index (κ1) is 16.0. The van der Waals surface area contributed by atoms with E-state index in [-0.39, 0.29) is 17.9 Å². The van der Waals surface area contributed by atoms with Gasteiger partial charge in [0.25, 0.3) is 0 Å². The number of pyridine rings is 1. The molecule has 0 spiro atoms. The molecule has 3 aromatic rings. The number of aromatic nitrogens is 2. The van der Waals surface area contributed by atoms with Crippen LogP contribution in [0.1, 0.15) is 6.42 Å². The second-order valence-corrected chi connectivity index (χ2v) is 6.85. The number of nitrogens with one attached hydrogen (secondary N) is 1. The van der Waals surface area contributed by atoms with E-state index in [0.29, 0.717) is 16.5 Å². The molecule has 1 aliphatic carbocycles. The van der Waals surface area contributed by atoms with Crippen molar-refractivity contribution < 1.29 is 14.3 Å². The van der Waals surface area contributed by atoms with Crippen LogP contribution in [-0.4, -0.2) is 36.2 Å². The molecule has 0 saturated heterocycles. The molecule has 6 nitrogen and oxygen atoms in total. The van der Waals surface area contributed by atoms with Crippen LogP contribution in [0.5, 0.6) is 5.88 Å². The minimum atomic E-state index is -0.0920. The van der Waals surface area contributed by atoms with E-state index in [4.69, 9.17) is 9.47 Å². The number of anilines is 1. The fraction of sp³-hybridized carbons (Fsp3) is 0.278. The lowest BCUT2D eigenvalue weighted by atomic mass is 10.1. The maximum absolute atomic E-state index is 12.3.